The first kappa shape index (κ1) is 17.0. The van der Waals surface area contributed by atoms with Gasteiger partial charge < -0.3 is 9.73 Å². The third kappa shape index (κ3) is 3.63. The maximum absolute atomic E-state index is 12.6. The number of rotatable bonds is 4. The SMILES string of the molecule is O=C(NC1CCN(S(=O)(=O)c2cccc(Cl)c2)CC1)c1ccco1. The normalized spacial score (nSPS) is 16.9. The second-order valence-corrected chi connectivity index (χ2v) is 7.96. The molecule has 3 rings (SSSR count). The van der Waals surface area contributed by atoms with Gasteiger partial charge in [0.25, 0.3) is 5.91 Å². The highest BCUT2D eigenvalue weighted by atomic mass is 35.5. The second kappa shape index (κ2) is 6.96. The Kier molecular flexibility index (Phi) is 4.93. The summed E-state index contributed by atoms with van der Waals surface area (Å²) in [6, 6.07) is 9.40. The highest BCUT2D eigenvalue weighted by Crippen LogP contribution is 2.23. The Hall–Kier alpha value is -1.83. The summed E-state index contributed by atoms with van der Waals surface area (Å²) in [5.74, 6) is -0.0277. The van der Waals surface area contributed by atoms with Gasteiger partial charge in [-0.1, -0.05) is 17.7 Å². The van der Waals surface area contributed by atoms with Crippen molar-refractivity contribution in [2.75, 3.05) is 13.1 Å². The second-order valence-electron chi connectivity index (χ2n) is 5.59. The van der Waals surface area contributed by atoms with Gasteiger partial charge in [0, 0.05) is 24.2 Å². The molecule has 1 saturated heterocycles. The van der Waals surface area contributed by atoms with Gasteiger partial charge in [0.2, 0.25) is 10.0 Å². The summed E-state index contributed by atoms with van der Waals surface area (Å²) in [7, 11) is -3.56. The van der Waals surface area contributed by atoms with Gasteiger partial charge in [-0.3, -0.25) is 4.79 Å². The number of sulfonamides is 1. The molecule has 2 heterocycles. The molecule has 0 atom stereocenters. The van der Waals surface area contributed by atoms with Gasteiger partial charge in [-0.2, -0.15) is 4.31 Å². The molecule has 24 heavy (non-hydrogen) atoms. The summed E-state index contributed by atoms with van der Waals surface area (Å²) in [6.07, 6.45) is 2.54. The Balaban J connectivity index is 1.61. The van der Waals surface area contributed by atoms with E-state index in [1.54, 1.807) is 24.3 Å². The van der Waals surface area contributed by atoms with E-state index in [0.717, 1.165) is 0 Å². The fourth-order valence-corrected chi connectivity index (χ4v) is 4.45. The van der Waals surface area contributed by atoms with E-state index in [2.05, 4.69) is 5.32 Å². The van der Waals surface area contributed by atoms with Gasteiger partial charge in [-0.15, -0.1) is 0 Å². The van der Waals surface area contributed by atoms with Gasteiger partial charge in [0.05, 0.1) is 11.2 Å². The summed E-state index contributed by atoms with van der Waals surface area (Å²) in [5.41, 5.74) is 0. The fraction of sp³-hybridized carbons (Fsp3) is 0.312. The predicted molar refractivity (Wildman–Crippen MR) is 89.4 cm³/mol. The zero-order chi connectivity index (χ0) is 17.2. The zero-order valence-electron chi connectivity index (χ0n) is 12.8. The van der Waals surface area contributed by atoms with Crippen LogP contribution in [0.5, 0.6) is 0 Å². The Bertz CT molecular complexity index is 812. The highest BCUT2D eigenvalue weighted by molar-refractivity contribution is 7.89. The fourth-order valence-electron chi connectivity index (χ4n) is 2.68. The van der Waals surface area contributed by atoms with Crippen LogP contribution in [-0.4, -0.2) is 37.8 Å². The molecule has 0 unspecified atom stereocenters. The summed E-state index contributed by atoms with van der Waals surface area (Å²) in [6.45, 7) is 0.690. The van der Waals surface area contributed by atoms with Gasteiger partial charge >= 0.3 is 0 Å². The zero-order valence-corrected chi connectivity index (χ0v) is 14.4. The largest absolute Gasteiger partial charge is 0.459 e. The van der Waals surface area contributed by atoms with Crippen molar-refractivity contribution < 1.29 is 17.6 Å². The number of halogens is 1. The Labute approximate surface area is 145 Å². The molecule has 1 aromatic carbocycles. The van der Waals surface area contributed by atoms with Crippen LogP contribution in [0.3, 0.4) is 0 Å². The summed E-state index contributed by atoms with van der Waals surface area (Å²) in [4.78, 5) is 12.1. The van der Waals surface area contributed by atoms with Crippen molar-refractivity contribution in [2.24, 2.45) is 0 Å². The molecule has 1 aliphatic heterocycles. The lowest BCUT2D eigenvalue weighted by Gasteiger charge is -2.31. The number of furan rings is 1. The third-order valence-corrected chi connectivity index (χ3v) is 6.10. The molecule has 128 valence electrons. The van der Waals surface area contributed by atoms with Crippen molar-refractivity contribution in [3.05, 3.63) is 53.4 Å². The van der Waals surface area contributed by atoms with E-state index in [1.165, 1.54) is 22.7 Å². The quantitative estimate of drug-likeness (QED) is 0.899. The van der Waals surface area contributed by atoms with Crippen LogP contribution in [0.1, 0.15) is 23.4 Å². The van der Waals surface area contributed by atoms with Gasteiger partial charge in [-0.05, 0) is 43.2 Å². The first-order valence-electron chi connectivity index (χ1n) is 7.57. The van der Waals surface area contributed by atoms with E-state index in [9.17, 15) is 13.2 Å². The van der Waals surface area contributed by atoms with E-state index in [1.807, 2.05) is 0 Å². The van der Waals surface area contributed by atoms with Crippen LogP contribution in [0, 0.1) is 0 Å². The Morgan fingerprint density at radius 1 is 1.21 bits per heavy atom. The van der Waals surface area contributed by atoms with Crippen LogP contribution in [0.15, 0.2) is 52.0 Å². The summed E-state index contributed by atoms with van der Waals surface area (Å²) >= 11 is 5.88. The summed E-state index contributed by atoms with van der Waals surface area (Å²) in [5, 5.41) is 3.25. The van der Waals surface area contributed by atoms with Crippen molar-refractivity contribution in [3.8, 4) is 0 Å². The maximum atomic E-state index is 12.6. The molecule has 1 fully saturated rings. The maximum Gasteiger partial charge on any atom is 0.287 e. The highest BCUT2D eigenvalue weighted by Gasteiger charge is 2.30. The number of hydrogen-bond acceptors (Lipinski definition) is 4. The standard InChI is InChI=1S/C16H17ClN2O4S/c17-12-3-1-4-14(11-12)24(21,22)19-8-6-13(7-9-19)18-16(20)15-5-2-10-23-15/h1-5,10-11,13H,6-9H2,(H,18,20). The molecular formula is C16H17ClN2O4S. The van der Waals surface area contributed by atoms with E-state index >= 15 is 0 Å². The molecular weight excluding hydrogens is 352 g/mol. The molecule has 1 aliphatic rings. The van der Waals surface area contributed by atoms with Crippen LogP contribution in [0.2, 0.25) is 5.02 Å². The lowest BCUT2D eigenvalue weighted by atomic mass is 10.1. The molecule has 0 radical (unpaired) electrons. The number of benzene rings is 1. The molecule has 0 bridgehead atoms. The molecule has 6 nitrogen and oxygen atoms in total. The Morgan fingerprint density at radius 3 is 2.58 bits per heavy atom. The number of nitrogens with one attached hydrogen (secondary N) is 1. The molecule has 8 heteroatoms. The number of hydrogen-bond donors (Lipinski definition) is 1. The first-order valence-corrected chi connectivity index (χ1v) is 9.39. The van der Waals surface area contributed by atoms with Crippen LogP contribution < -0.4 is 5.32 Å². The molecule has 0 aliphatic carbocycles. The molecule has 0 spiro atoms. The lowest BCUT2D eigenvalue weighted by Crippen LogP contribution is -2.46. The first-order chi connectivity index (χ1) is 11.5. The summed E-state index contributed by atoms with van der Waals surface area (Å²) < 4.78 is 31.7. The smallest absolute Gasteiger partial charge is 0.287 e. The number of carbonyl (C=O) groups excluding carboxylic acids is 1. The van der Waals surface area contributed by atoms with Gasteiger partial charge in [0.15, 0.2) is 5.76 Å². The van der Waals surface area contributed by atoms with E-state index in [4.69, 9.17) is 16.0 Å². The van der Waals surface area contributed by atoms with E-state index < -0.39 is 10.0 Å². The number of amides is 1. The van der Waals surface area contributed by atoms with Crippen molar-refractivity contribution in [1.29, 1.82) is 0 Å². The van der Waals surface area contributed by atoms with Crippen molar-refractivity contribution >= 4 is 27.5 Å². The molecule has 0 saturated carbocycles. The van der Waals surface area contributed by atoms with Crippen LogP contribution in [-0.2, 0) is 10.0 Å². The number of nitrogens with zero attached hydrogens (tertiary/aromatic N) is 1. The minimum atomic E-state index is -3.56. The minimum absolute atomic E-state index is 0.0755. The third-order valence-electron chi connectivity index (χ3n) is 3.97. The average Bonchev–Trinajstić information content (AvgIpc) is 3.10. The van der Waals surface area contributed by atoms with E-state index in [0.29, 0.717) is 31.0 Å². The van der Waals surface area contributed by atoms with Crippen LogP contribution in [0.25, 0.3) is 0 Å². The Morgan fingerprint density at radius 2 is 1.96 bits per heavy atom. The van der Waals surface area contributed by atoms with Crippen molar-refractivity contribution in [3.63, 3.8) is 0 Å². The monoisotopic (exact) mass is 368 g/mol. The van der Waals surface area contributed by atoms with Crippen LogP contribution >= 0.6 is 11.6 Å². The topological polar surface area (TPSA) is 79.6 Å². The van der Waals surface area contributed by atoms with Gasteiger partial charge in [-0.25, -0.2) is 8.42 Å². The number of piperidine rings is 1. The predicted octanol–water partition coefficient (Wildman–Crippen LogP) is 2.52. The molecule has 1 amide bonds. The van der Waals surface area contributed by atoms with Crippen molar-refractivity contribution in [2.45, 2.75) is 23.8 Å². The molecule has 2 aromatic rings. The minimum Gasteiger partial charge on any atom is -0.459 e. The molecule has 1 N–H and O–H groups in total. The van der Waals surface area contributed by atoms with Crippen LogP contribution in [0.4, 0.5) is 0 Å². The lowest BCUT2D eigenvalue weighted by molar-refractivity contribution is 0.0895. The number of carbonyl (C=O) groups is 1. The van der Waals surface area contributed by atoms with Crippen molar-refractivity contribution in [1.82, 2.24) is 9.62 Å². The van der Waals surface area contributed by atoms with Gasteiger partial charge in [0.1, 0.15) is 0 Å². The van der Waals surface area contributed by atoms with E-state index in [-0.39, 0.29) is 22.6 Å². The average molecular weight is 369 g/mol. The molecule has 1 aromatic heterocycles.